The number of hydrogen-bond donors (Lipinski definition) is 2. The minimum Gasteiger partial charge on any atom is -0.482 e. The van der Waals surface area contributed by atoms with Crippen LogP contribution in [-0.4, -0.2) is 29.4 Å². The lowest BCUT2D eigenvalue weighted by molar-refractivity contribution is -0.139. The van der Waals surface area contributed by atoms with E-state index in [0.29, 0.717) is 16.7 Å². The topological polar surface area (TPSA) is 92.7 Å². The van der Waals surface area contributed by atoms with Gasteiger partial charge < -0.3 is 15.2 Å². The fraction of sp³-hybridized carbons (Fsp3) is 0.105. The standard InChI is InChI=1S/C19H17NO5/c1-2-17(21)20-11-15-10-14(8-9-16(15)25-12-18(22)23)19(24)13-6-4-3-5-7-13/h2-10H,1,11-12H2,(H,20,21)(H,22,23). The Bertz CT molecular complexity index is 799. The largest absolute Gasteiger partial charge is 0.482 e. The van der Waals surface area contributed by atoms with E-state index in [1.54, 1.807) is 36.4 Å². The average molecular weight is 339 g/mol. The molecule has 6 nitrogen and oxygen atoms in total. The lowest BCUT2D eigenvalue weighted by Gasteiger charge is -2.12. The van der Waals surface area contributed by atoms with E-state index in [-0.39, 0.29) is 24.0 Å². The van der Waals surface area contributed by atoms with Crippen LogP contribution in [0, 0.1) is 0 Å². The molecule has 0 fully saturated rings. The van der Waals surface area contributed by atoms with E-state index in [2.05, 4.69) is 11.9 Å². The number of amides is 1. The van der Waals surface area contributed by atoms with Gasteiger partial charge in [0.1, 0.15) is 5.75 Å². The van der Waals surface area contributed by atoms with Crippen LogP contribution in [0.25, 0.3) is 0 Å². The maximum Gasteiger partial charge on any atom is 0.341 e. The van der Waals surface area contributed by atoms with Crippen LogP contribution < -0.4 is 10.1 Å². The Morgan fingerprint density at radius 3 is 2.44 bits per heavy atom. The molecule has 0 aliphatic rings. The van der Waals surface area contributed by atoms with Gasteiger partial charge in [-0.05, 0) is 24.3 Å². The number of carbonyl (C=O) groups excluding carboxylic acids is 2. The summed E-state index contributed by atoms with van der Waals surface area (Å²) < 4.78 is 5.22. The van der Waals surface area contributed by atoms with Crippen molar-refractivity contribution >= 4 is 17.7 Å². The van der Waals surface area contributed by atoms with Gasteiger partial charge in [0.2, 0.25) is 5.91 Å². The molecule has 1 amide bonds. The highest BCUT2D eigenvalue weighted by atomic mass is 16.5. The Morgan fingerprint density at radius 2 is 1.80 bits per heavy atom. The Hall–Kier alpha value is -3.41. The molecule has 0 unspecified atom stereocenters. The third-order valence-electron chi connectivity index (χ3n) is 3.35. The van der Waals surface area contributed by atoms with Gasteiger partial charge in [0, 0.05) is 23.2 Å². The summed E-state index contributed by atoms with van der Waals surface area (Å²) in [7, 11) is 0. The molecule has 0 aromatic heterocycles. The second-order valence-electron chi connectivity index (χ2n) is 5.12. The maximum atomic E-state index is 12.5. The number of carboxylic acid groups (broad SMARTS) is 1. The molecule has 0 saturated carbocycles. The molecule has 2 rings (SSSR count). The normalized spacial score (nSPS) is 9.92. The van der Waals surface area contributed by atoms with Gasteiger partial charge >= 0.3 is 5.97 Å². The molecular weight excluding hydrogens is 322 g/mol. The van der Waals surface area contributed by atoms with Gasteiger partial charge in [-0.25, -0.2) is 4.79 Å². The second-order valence-corrected chi connectivity index (χ2v) is 5.12. The van der Waals surface area contributed by atoms with Gasteiger partial charge in [-0.1, -0.05) is 36.9 Å². The van der Waals surface area contributed by atoms with Crippen LogP contribution in [0.1, 0.15) is 21.5 Å². The van der Waals surface area contributed by atoms with E-state index in [9.17, 15) is 14.4 Å². The quantitative estimate of drug-likeness (QED) is 0.568. The predicted molar refractivity (Wildman–Crippen MR) is 91.5 cm³/mol. The summed E-state index contributed by atoms with van der Waals surface area (Å²) in [4.78, 5) is 34.6. The van der Waals surface area contributed by atoms with Crippen LogP contribution in [-0.2, 0) is 16.1 Å². The van der Waals surface area contributed by atoms with Crippen molar-refractivity contribution in [3.05, 3.63) is 77.9 Å². The zero-order chi connectivity index (χ0) is 18.2. The number of ketones is 1. The number of benzene rings is 2. The SMILES string of the molecule is C=CC(=O)NCc1cc(C(=O)c2ccccc2)ccc1OCC(=O)O. The number of rotatable bonds is 8. The van der Waals surface area contributed by atoms with Crippen LogP contribution in [0.2, 0.25) is 0 Å². The monoisotopic (exact) mass is 339 g/mol. The van der Waals surface area contributed by atoms with E-state index in [1.807, 2.05) is 6.07 Å². The minimum absolute atomic E-state index is 0.0791. The van der Waals surface area contributed by atoms with Crippen molar-refractivity contribution in [2.24, 2.45) is 0 Å². The number of carboxylic acids is 1. The first-order valence-corrected chi connectivity index (χ1v) is 7.49. The van der Waals surface area contributed by atoms with E-state index >= 15 is 0 Å². The molecule has 6 heteroatoms. The molecule has 0 heterocycles. The second kappa shape index (κ2) is 8.44. The van der Waals surface area contributed by atoms with Gasteiger partial charge in [-0.2, -0.15) is 0 Å². The fourth-order valence-electron chi connectivity index (χ4n) is 2.15. The zero-order valence-corrected chi connectivity index (χ0v) is 13.4. The van der Waals surface area contributed by atoms with Gasteiger partial charge in [0.15, 0.2) is 12.4 Å². The molecule has 0 saturated heterocycles. The molecule has 2 aromatic carbocycles. The Kier molecular flexibility index (Phi) is 6.06. The van der Waals surface area contributed by atoms with Crippen LogP contribution in [0.5, 0.6) is 5.75 Å². The van der Waals surface area contributed by atoms with Crippen LogP contribution in [0.3, 0.4) is 0 Å². The summed E-state index contributed by atoms with van der Waals surface area (Å²) in [5, 5.41) is 11.3. The summed E-state index contributed by atoms with van der Waals surface area (Å²) in [5.74, 6) is -1.40. The summed E-state index contributed by atoms with van der Waals surface area (Å²) >= 11 is 0. The number of aliphatic carboxylic acids is 1. The van der Waals surface area contributed by atoms with E-state index in [4.69, 9.17) is 9.84 Å². The van der Waals surface area contributed by atoms with E-state index in [0.717, 1.165) is 6.08 Å². The van der Waals surface area contributed by atoms with Crippen molar-refractivity contribution in [1.82, 2.24) is 5.32 Å². The van der Waals surface area contributed by atoms with Gasteiger partial charge in [-0.15, -0.1) is 0 Å². The third-order valence-corrected chi connectivity index (χ3v) is 3.35. The van der Waals surface area contributed by atoms with Gasteiger partial charge in [0.05, 0.1) is 0 Å². The first-order valence-electron chi connectivity index (χ1n) is 7.49. The molecule has 25 heavy (non-hydrogen) atoms. The number of carbonyl (C=O) groups is 3. The molecule has 0 atom stereocenters. The molecule has 0 radical (unpaired) electrons. The van der Waals surface area contributed by atoms with Crippen molar-refractivity contribution in [2.45, 2.75) is 6.54 Å². The van der Waals surface area contributed by atoms with Gasteiger partial charge in [0.25, 0.3) is 0 Å². The zero-order valence-electron chi connectivity index (χ0n) is 13.4. The summed E-state index contributed by atoms with van der Waals surface area (Å²) in [6, 6.07) is 13.4. The molecule has 0 aliphatic heterocycles. The molecule has 0 bridgehead atoms. The molecule has 0 spiro atoms. The van der Waals surface area contributed by atoms with Crippen LogP contribution >= 0.6 is 0 Å². The predicted octanol–water partition coefficient (Wildman–Crippen LogP) is 2.18. The number of ether oxygens (including phenoxy) is 1. The van der Waals surface area contributed by atoms with Crippen molar-refractivity contribution in [2.75, 3.05) is 6.61 Å². The van der Waals surface area contributed by atoms with Crippen molar-refractivity contribution < 1.29 is 24.2 Å². The van der Waals surface area contributed by atoms with Crippen LogP contribution in [0.4, 0.5) is 0 Å². The first-order chi connectivity index (χ1) is 12.0. The molecule has 128 valence electrons. The summed E-state index contributed by atoms with van der Waals surface area (Å²) in [6.07, 6.45) is 1.12. The minimum atomic E-state index is -1.12. The highest BCUT2D eigenvalue weighted by Crippen LogP contribution is 2.22. The third kappa shape index (κ3) is 5.04. The first kappa shape index (κ1) is 17.9. The summed E-state index contributed by atoms with van der Waals surface area (Å²) in [5.41, 5.74) is 1.44. The molecule has 0 aliphatic carbocycles. The lowest BCUT2D eigenvalue weighted by Crippen LogP contribution is -2.21. The number of nitrogens with one attached hydrogen (secondary N) is 1. The van der Waals surface area contributed by atoms with Gasteiger partial charge in [-0.3, -0.25) is 9.59 Å². The lowest BCUT2D eigenvalue weighted by atomic mass is 10.0. The van der Waals surface area contributed by atoms with Crippen LogP contribution in [0.15, 0.2) is 61.2 Å². The van der Waals surface area contributed by atoms with Crippen molar-refractivity contribution in [3.63, 3.8) is 0 Å². The van der Waals surface area contributed by atoms with E-state index in [1.165, 1.54) is 6.07 Å². The maximum absolute atomic E-state index is 12.5. The average Bonchev–Trinajstić information content (AvgIpc) is 2.64. The number of hydrogen-bond acceptors (Lipinski definition) is 4. The smallest absolute Gasteiger partial charge is 0.341 e. The Labute approximate surface area is 144 Å². The molecular formula is C19H17NO5. The highest BCUT2D eigenvalue weighted by molar-refractivity contribution is 6.09. The Balaban J connectivity index is 2.29. The van der Waals surface area contributed by atoms with E-state index < -0.39 is 12.6 Å². The Morgan fingerprint density at radius 1 is 1.08 bits per heavy atom. The molecule has 2 aromatic rings. The highest BCUT2D eigenvalue weighted by Gasteiger charge is 2.13. The summed E-state index contributed by atoms with van der Waals surface area (Å²) in [6.45, 7) is 2.92. The fourth-order valence-corrected chi connectivity index (χ4v) is 2.15. The molecule has 2 N–H and O–H groups in total. The van der Waals surface area contributed by atoms with Crippen molar-refractivity contribution in [1.29, 1.82) is 0 Å². The van der Waals surface area contributed by atoms with Crippen molar-refractivity contribution in [3.8, 4) is 5.75 Å².